The van der Waals surface area contributed by atoms with Crippen molar-refractivity contribution in [2.75, 3.05) is 58.7 Å². The summed E-state index contributed by atoms with van der Waals surface area (Å²) in [5.41, 5.74) is 0.946. The van der Waals surface area contributed by atoms with Crippen LogP contribution in [0.2, 0.25) is 10.0 Å². The van der Waals surface area contributed by atoms with E-state index < -0.39 is 0 Å². The van der Waals surface area contributed by atoms with E-state index in [9.17, 15) is 14.0 Å². The van der Waals surface area contributed by atoms with Gasteiger partial charge in [0.15, 0.2) is 0 Å². The second-order valence-electron chi connectivity index (χ2n) is 7.92. The molecule has 7 nitrogen and oxygen atoms in total. The van der Waals surface area contributed by atoms with Crippen molar-refractivity contribution in [3.05, 3.63) is 57.8 Å². The molecule has 2 aromatic rings. The van der Waals surface area contributed by atoms with Gasteiger partial charge in [-0.3, -0.25) is 19.4 Å². The quantitative estimate of drug-likeness (QED) is 0.606. The Hall–Kier alpha value is -2.39. The molecule has 0 atom stereocenters. The topological polar surface area (TPSA) is 65.1 Å². The zero-order valence-corrected chi connectivity index (χ0v) is 20.1. The van der Waals surface area contributed by atoms with E-state index in [1.54, 1.807) is 47.2 Å². The fraction of sp³-hybridized carbons (Fsp3) is 0.391. The molecule has 10 heteroatoms. The molecule has 3 rings (SSSR count). The second kappa shape index (κ2) is 11.7. The van der Waals surface area contributed by atoms with Crippen molar-refractivity contribution in [2.24, 2.45) is 0 Å². The molecule has 1 saturated heterocycles. The highest BCUT2D eigenvalue weighted by molar-refractivity contribution is 6.31. The number of ether oxygens (including phenoxy) is 1. The molecule has 2 aromatic carbocycles. The lowest BCUT2D eigenvalue weighted by Gasteiger charge is -2.35. The fourth-order valence-electron chi connectivity index (χ4n) is 3.66. The van der Waals surface area contributed by atoms with Crippen molar-refractivity contribution in [1.82, 2.24) is 14.7 Å². The number of anilines is 1. The number of hydrogen-bond acceptors (Lipinski definition) is 5. The van der Waals surface area contributed by atoms with Gasteiger partial charge < -0.3 is 15.0 Å². The Labute approximate surface area is 203 Å². The van der Waals surface area contributed by atoms with Crippen molar-refractivity contribution < 1.29 is 18.7 Å². The molecule has 1 aliphatic rings. The first-order valence-corrected chi connectivity index (χ1v) is 11.3. The van der Waals surface area contributed by atoms with Crippen LogP contribution in [0.25, 0.3) is 0 Å². The van der Waals surface area contributed by atoms with Crippen molar-refractivity contribution in [1.29, 1.82) is 0 Å². The Bertz CT molecular complexity index is 979. The summed E-state index contributed by atoms with van der Waals surface area (Å²) in [6.07, 6.45) is 0. The number of nitrogens with one attached hydrogen (secondary N) is 1. The summed E-state index contributed by atoms with van der Waals surface area (Å²) in [6, 6.07) is 9.61. The van der Waals surface area contributed by atoms with Crippen LogP contribution >= 0.6 is 23.2 Å². The minimum atomic E-state index is -0.323. The molecule has 0 unspecified atom stereocenters. The summed E-state index contributed by atoms with van der Waals surface area (Å²) in [4.78, 5) is 30.6. The van der Waals surface area contributed by atoms with Gasteiger partial charge >= 0.3 is 0 Å². The number of nitrogens with zero attached hydrogens (tertiary/aromatic N) is 3. The second-order valence-corrected chi connectivity index (χ2v) is 8.77. The van der Waals surface area contributed by atoms with Crippen molar-refractivity contribution >= 4 is 40.7 Å². The molecular formula is C23H27Cl2FN4O3. The first-order chi connectivity index (χ1) is 15.8. The van der Waals surface area contributed by atoms with Gasteiger partial charge in [-0.05, 0) is 37.4 Å². The maximum Gasteiger partial charge on any atom is 0.238 e. The average molecular weight is 497 g/mol. The fourth-order valence-corrected chi connectivity index (χ4v) is 4.06. The number of methoxy groups -OCH3 is 1. The molecule has 1 fully saturated rings. The van der Waals surface area contributed by atoms with Crippen LogP contribution in [-0.4, -0.2) is 79.9 Å². The summed E-state index contributed by atoms with van der Waals surface area (Å²) in [6.45, 7) is 2.85. The van der Waals surface area contributed by atoms with Gasteiger partial charge in [0.1, 0.15) is 11.6 Å². The van der Waals surface area contributed by atoms with Crippen LogP contribution < -0.4 is 10.1 Å². The first kappa shape index (κ1) is 25.2. The molecule has 1 aliphatic heterocycles. The van der Waals surface area contributed by atoms with E-state index in [1.165, 1.54) is 13.2 Å². The molecule has 0 radical (unpaired) electrons. The summed E-state index contributed by atoms with van der Waals surface area (Å²) >= 11 is 12.1. The largest absolute Gasteiger partial charge is 0.495 e. The van der Waals surface area contributed by atoms with E-state index in [-0.39, 0.29) is 30.7 Å². The first-order valence-electron chi connectivity index (χ1n) is 10.5. The van der Waals surface area contributed by atoms with Gasteiger partial charge in [-0.25, -0.2) is 4.39 Å². The molecule has 0 bridgehead atoms. The van der Waals surface area contributed by atoms with Gasteiger partial charge in [-0.1, -0.05) is 29.3 Å². The normalized spacial score (nSPS) is 14.4. The molecular weight excluding hydrogens is 470 g/mol. The van der Waals surface area contributed by atoms with Crippen molar-refractivity contribution in [3.8, 4) is 5.75 Å². The maximum atomic E-state index is 14.0. The van der Waals surface area contributed by atoms with Crippen LogP contribution in [0, 0.1) is 5.82 Å². The minimum Gasteiger partial charge on any atom is -0.495 e. The number of carbonyl (C=O) groups excluding carboxylic acids is 2. The lowest BCUT2D eigenvalue weighted by Crippen LogP contribution is -2.51. The summed E-state index contributed by atoms with van der Waals surface area (Å²) < 4.78 is 19.3. The molecule has 0 aromatic heterocycles. The summed E-state index contributed by atoms with van der Waals surface area (Å²) in [7, 11) is 3.22. The third-order valence-corrected chi connectivity index (χ3v) is 6.01. The smallest absolute Gasteiger partial charge is 0.238 e. The number of piperazine rings is 1. The van der Waals surface area contributed by atoms with E-state index in [4.69, 9.17) is 27.9 Å². The zero-order valence-electron chi connectivity index (χ0n) is 18.6. The number of amides is 2. The number of hydrogen-bond donors (Lipinski definition) is 1. The van der Waals surface area contributed by atoms with Gasteiger partial charge in [0.25, 0.3) is 0 Å². The van der Waals surface area contributed by atoms with Crippen LogP contribution in [0.4, 0.5) is 10.1 Å². The lowest BCUT2D eigenvalue weighted by molar-refractivity contribution is -0.134. The predicted molar refractivity (Wildman–Crippen MR) is 127 cm³/mol. The standard InChI is InChI=1S/C23H27Cl2FN4O3/c1-28(14-22(31)27-20-12-16(24)6-7-21(20)33-2)15-23(32)30-10-8-29(9-11-30)13-17-18(25)4-3-5-19(17)26/h3-7,12H,8-11,13-15H2,1-2H3,(H,27,31). The van der Waals surface area contributed by atoms with Gasteiger partial charge in [-0.2, -0.15) is 0 Å². The maximum absolute atomic E-state index is 14.0. The monoisotopic (exact) mass is 496 g/mol. The Morgan fingerprint density at radius 1 is 1.12 bits per heavy atom. The molecule has 178 valence electrons. The van der Waals surface area contributed by atoms with Gasteiger partial charge in [0.05, 0.1) is 25.9 Å². The average Bonchev–Trinajstić information content (AvgIpc) is 2.76. The molecule has 1 N–H and O–H groups in total. The number of halogens is 3. The molecule has 0 aliphatic carbocycles. The van der Waals surface area contributed by atoms with Gasteiger partial charge in [0.2, 0.25) is 11.8 Å². The summed E-state index contributed by atoms with van der Waals surface area (Å²) in [5.74, 6) is -0.163. The summed E-state index contributed by atoms with van der Waals surface area (Å²) in [5, 5.41) is 3.65. The zero-order chi connectivity index (χ0) is 24.0. The van der Waals surface area contributed by atoms with E-state index >= 15 is 0 Å². The highest BCUT2D eigenvalue weighted by Crippen LogP contribution is 2.27. The third-order valence-electron chi connectivity index (χ3n) is 5.42. The SMILES string of the molecule is COc1ccc(Cl)cc1NC(=O)CN(C)CC(=O)N1CCN(Cc2c(F)cccc2Cl)CC1. The Balaban J connectivity index is 1.45. The van der Waals surface area contributed by atoms with E-state index in [1.807, 2.05) is 0 Å². The molecule has 2 amide bonds. The number of rotatable bonds is 8. The van der Waals surface area contributed by atoms with Crippen molar-refractivity contribution in [3.63, 3.8) is 0 Å². The Morgan fingerprint density at radius 3 is 2.52 bits per heavy atom. The van der Waals surface area contributed by atoms with Crippen LogP contribution in [0.1, 0.15) is 5.56 Å². The number of benzene rings is 2. The molecule has 1 heterocycles. The number of likely N-dealkylation sites (N-methyl/N-ethyl adjacent to an activating group) is 1. The van der Waals surface area contributed by atoms with Crippen LogP contribution in [0.5, 0.6) is 5.75 Å². The van der Waals surface area contributed by atoms with Crippen LogP contribution in [0.3, 0.4) is 0 Å². The van der Waals surface area contributed by atoms with E-state index in [0.29, 0.717) is 59.8 Å². The third kappa shape index (κ3) is 7.04. The van der Waals surface area contributed by atoms with Gasteiger partial charge in [-0.15, -0.1) is 0 Å². The molecule has 0 spiro atoms. The van der Waals surface area contributed by atoms with E-state index in [2.05, 4.69) is 10.2 Å². The highest BCUT2D eigenvalue weighted by Gasteiger charge is 2.23. The van der Waals surface area contributed by atoms with Crippen LogP contribution in [0.15, 0.2) is 36.4 Å². The van der Waals surface area contributed by atoms with Crippen LogP contribution in [-0.2, 0) is 16.1 Å². The highest BCUT2D eigenvalue weighted by atomic mass is 35.5. The van der Waals surface area contributed by atoms with Gasteiger partial charge in [0, 0.05) is 48.3 Å². The minimum absolute atomic E-state index is 0.0349. The number of carbonyl (C=O) groups is 2. The molecule has 0 saturated carbocycles. The lowest BCUT2D eigenvalue weighted by atomic mass is 10.2. The van der Waals surface area contributed by atoms with E-state index in [0.717, 1.165) is 0 Å². The molecule has 33 heavy (non-hydrogen) atoms. The Kier molecular flexibility index (Phi) is 8.91. The predicted octanol–water partition coefficient (Wildman–Crippen LogP) is 3.36. The Morgan fingerprint density at radius 2 is 1.85 bits per heavy atom. The van der Waals surface area contributed by atoms with Crippen molar-refractivity contribution in [2.45, 2.75) is 6.54 Å².